The zero-order chi connectivity index (χ0) is 47.4. The van der Waals surface area contributed by atoms with Crippen LogP contribution < -0.4 is 32.3 Å². The van der Waals surface area contributed by atoms with Gasteiger partial charge in [0.2, 0.25) is 35.4 Å². The van der Waals surface area contributed by atoms with Crippen molar-refractivity contribution in [3.8, 4) is 0 Å². The number of imidazole rings is 1. The Morgan fingerprint density at radius 2 is 1.08 bits per heavy atom. The average molecular weight is 899 g/mol. The summed E-state index contributed by atoms with van der Waals surface area (Å²) in [5, 5.41) is 42.2. The molecule has 6 amide bonds. The molecular formula is C45H70N8O11. The molecule has 0 aliphatic heterocycles. The lowest BCUT2D eigenvalue weighted by atomic mass is 10.0. The van der Waals surface area contributed by atoms with Gasteiger partial charge in [-0.3, -0.25) is 28.8 Å². The van der Waals surface area contributed by atoms with Gasteiger partial charge in [0.1, 0.15) is 30.2 Å². The number of aromatic amines is 1. The van der Waals surface area contributed by atoms with Crippen LogP contribution in [0.5, 0.6) is 0 Å². The predicted octanol–water partition coefficient (Wildman–Crippen LogP) is 2.55. The van der Waals surface area contributed by atoms with Crippen molar-refractivity contribution in [2.75, 3.05) is 0 Å². The molecule has 6 atom stereocenters. The number of aliphatic carboxylic acids is 2. The van der Waals surface area contributed by atoms with Gasteiger partial charge in [0, 0.05) is 37.6 Å². The molecule has 1 unspecified atom stereocenters. The van der Waals surface area contributed by atoms with Gasteiger partial charge in [-0.15, -0.1) is 0 Å². The molecular weight excluding hydrogens is 829 g/mol. The van der Waals surface area contributed by atoms with Gasteiger partial charge in [-0.1, -0.05) is 108 Å². The summed E-state index contributed by atoms with van der Waals surface area (Å²) in [5.41, 5.74) is 6.51. The molecule has 0 radical (unpaired) electrons. The summed E-state index contributed by atoms with van der Waals surface area (Å²) >= 11 is 0. The monoisotopic (exact) mass is 899 g/mol. The van der Waals surface area contributed by atoms with Crippen LogP contribution in [-0.4, -0.2) is 109 Å². The number of nitrogens with zero attached hydrogens (tertiary/aromatic N) is 1. The van der Waals surface area contributed by atoms with Crippen molar-refractivity contribution >= 4 is 47.4 Å². The van der Waals surface area contributed by atoms with Gasteiger partial charge < -0.3 is 52.6 Å². The van der Waals surface area contributed by atoms with E-state index in [0.717, 1.165) is 64.2 Å². The highest BCUT2D eigenvalue weighted by molar-refractivity contribution is 5.94. The topological polar surface area (TPSA) is 312 Å². The van der Waals surface area contributed by atoms with Crippen LogP contribution in [0, 0.1) is 5.92 Å². The number of aliphatic hydroxyl groups is 1. The van der Waals surface area contributed by atoms with Crippen LogP contribution in [0.1, 0.15) is 135 Å². The van der Waals surface area contributed by atoms with E-state index in [1.807, 2.05) is 13.8 Å². The molecule has 2 aromatic rings. The smallest absolute Gasteiger partial charge is 0.326 e. The standard InChI is InChI=1S/C45H70N8O11/c1-29(2)23-33(41(58)52-36(45(63)64)25-32-27-47-28-48-32)50-43(60)40(30(3)54)53-39(57)22-18-13-11-9-7-5-4-6-8-10-12-17-21-38(56)49-34(26-37(46)55)42(59)51-35(44(61)62)24-31-19-15-14-16-20-31/h14-16,19-20,27-30,33-36,40,54H,4-13,17-18,21-26H2,1-3H3,(H2,46,55)(H,47,48)(H,49,56)(H,50,60)(H,51,59)(H,52,58)(H,53,57)(H,61,62)(H,63,64)/t30?,33-,34-,35-,36-,40-/m0/s1. The van der Waals surface area contributed by atoms with E-state index in [1.165, 1.54) is 19.4 Å². The number of amides is 6. The van der Waals surface area contributed by atoms with Crippen LogP contribution in [0.25, 0.3) is 0 Å². The summed E-state index contributed by atoms with van der Waals surface area (Å²) in [6.07, 6.45) is 12.6. The number of H-pyrrole nitrogens is 1. The summed E-state index contributed by atoms with van der Waals surface area (Å²) < 4.78 is 0. The summed E-state index contributed by atoms with van der Waals surface area (Å²) in [6.45, 7) is 5.05. The van der Waals surface area contributed by atoms with Crippen molar-refractivity contribution in [3.63, 3.8) is 0 Å². The Morgan fingerprint density at radius 3 is 1.53 bits per heavy atom. The van der Waals surface area contributed by atoms with E-state index in [2.05, 4.69) is 36.6 Å². The second-order valence-corrected chi connectivity index (χ2v) is 16.8. The van der Waals surface area contributed by atoms with E-state index < -0.39 is 90.1 Å². The lowest BCUT2D eigenvalue weighted by molar-refractivity contribution is -0.142. The minimum Gasteiger partial charge on any atom is -0.480 e. The van der Waals surface area contributed by atoms with E-state index >= 15 is 0 Å². The maximum absolute atomic E-state index is 13.2. The second-order valence-electron chi connectivity index (χ2n) is 16.8. The van der Waals surface area contributed by atoms with Gasteiger partial charge in [0.15, 0.2) is 0 Å². The molecule has 64 heavy (non-hydrogen) atoms. The summed E-state index contributed by atoms with van der Waals surface area (Å²) in [6, 6.07) is 2.55. The van der Waals surface area contributed by atoms with Crippen LogP contribution in [-0.2, 0) is 51.2 Å². The number of nitrogens with two attached hydrogens (primary N) is 1. The quantitative estimate of drug-likeness (QED) is 0.0454. The highest BCUT2D eigenvalue weighted by atomic mass is 16.4. The van der Waals surface area contributed by atoms with E-state index in [0.29, 0.717) is 24.1 Å². The fourth-order valence-electron chi connectivity index (χ4n) is 7.04. The molecule has 356 valence electrons. The highest BCUT2D eigenvalue weighted by Gasteiger charge is 2.32. The van der Waals surface area contributed by atoms with Crippen LogP contribution in [0.4, 0.5) is 0 Å². The Balaban J connectivity index is 1.61. The lowest BCUT2D eigenvalue weighted by Gasteiger charge is -2.26. The van der Waals surface area contributed by atoms with Gasteiger partial charge in [-0.25, -0.2) is 14.6 Å². The SMILES string of the molecule is CC(C)C[C@H](NC(=O)[C@@H](NC(=O)CCCCCCCCCCCCCCC(=O)N[C@@H](CC(N)=O)C(=O)N[C@@H](Cc1ccccc1)C(=O)O)C(C)O)C(=O)N[C@@H](Cc1cnc[nH]1)C(=O)O. The maximum atomic E-state index is 13.2. The molecule has 0 aliphatic carbocycles. The molecule has 0 saturated carbocycles. The van der Waals surface area contributed by atoms with Crippen molar-refractivity contribution in [2.45, 2.75) is 173 Å². The number of rotatable bonds is 34. The molecule has 0 bridgehead atoms. The summed E-state index contributed by atoms with van der Waals surface area (Å²) in [4.78, 5) is 106. The molecule has 11 N–H and O–H groups in total. The third-order valence-corrected chi connectivity index (χ3v) is 10.5. The average Bonchev–Trinajstić information content (AvgIpc) is 3.75. The number of hydrogen-bond donors (Lipinski definition) is 10. The fourth-order valence-corrected chi connectivity index (χ4v) is 7.04. The third-order valence-electron chi connectivity index (χ3n) is 10.5. The predicted molar refractivity (Wildman–Crippen MR) is 237 cm³/mol. The largest absolute Gasteiger partial charge is 0.480 e. The Kier molecular flexibility index (Phi) is 25.7. The Hall–Kier alpha value is -5.85. The number of aromatic nitrogens is 2. The van der Waals surface area contributed by atoms with Gasteiger partial charge in [-0.05, 0) is 37.7 Å². The fraction of sp³-hybridized carbons (Fsp3) is 0.622. The molecule has 19 nitrogen and oxygen atoms in total. The van der Waals surface area contributed by atoms with Gasteiger partial charge in [-0.2, -0.15) is 0 Å². The molecule has 0 spiro atoms. The molecule has 0 saturated heterocycles. The van der Waals surface area contributed by atoms with Crippen LogP contribution in [0.3, 0.4) is 0 Å². The Morgan fingerprint density at radius 1 is 0.609 bits per heavy atom. The number of primary amides is 1. The minimum absolute atomic E-state index is 0.0315. The molecule has 0 fully saturated rings. The molecule has 2 rings (SSSR count). The number of benzene rings is 1. The summed E-state index contributed by atoms with van der Waals surface area (Å²) in [7, 11) is 0. The maximum Gasteiger partial charge on any atom is 0.326 e. The number of carboxylic acids is 2. The van der Waals surface area contributed by atoms with Crippen molar-refractivity contribution in [1.29, 1.82) is 0 Å². The van der Waals surface area contributed by atoms with E-state index in [4.69, 9.17) is 5.73 Å². The van der Waals surface area contributed by atoms with Crippen LogP contribution in [0.15, 0.2) is 42.9 Å². The minimum atomic E-state index is -1.31. The zero-order valence-electron chi connectivity index (χ0n) is 37.4. The molecule has 0 aliphatic rings. The number of aliphatic hydroxyl groups excluding tert-OH is 1. The normalized spacial score (nSPS) is 14.0. The first-order valence-electron chi connectivity index (χ1n) is 22.4. The number of hydrogen-bond acceptors (Lipinski definition) is 10. The first kappa shape index (κ1) is 54.3. The first-order chi connectivity index (χ1) is 30.5. The van der Waals surface area contributed by atoms with E-state index in [-0.39, 0.29) is 38.0 Å². The van der Waals surface area contributed by atoms with Crippen LogP contribution >= 0.6 is 0 Å². The number of nitrogens with one attached hydrogen (secondary N) is 6. The van der Waals surface area contributed by atoms with Crippen molar-refractivity contribution < 1.29 is 53.7 Å². The number of carbonyl (C=O) groups is 8. The number of carboxylic acid groups (broad SMARTS) is 2. The zero-order valence-corrected chi connectivity index (χ0v) is 37.4. The Labute approximate surface area is 375 Å². The van der Waals surface area contributed by atoms with Crippen LogP contribution in [0.2, 0.25) is 0 Å². The van der Waals surface area contributed by atoms with Gasteiger partial charge >= 0.3 is 11.9 Å². The molecule has 19 heteroatoms. The van der Waals surface area contributed by atoms with Crippen molar-refractivity contribution in [2.24, 2.45) is 11.7 Å². The number of carbonyl (C=O) groups excluding carboxylic acids is 6. The highest BCUT2D eigenvalue weighted by Crippen LogP contribution is 2.14. The molecule has 1 aromatic heterocycles. The Bertz CT molecular complexity index is 1760. The molecule has 1 heterocycles. The molecule has 1 aromatic carbocycles. The van der Waals surface area contributed by atoms with Crippen molar-refractivity contribution in [1.82, 2.24) is 36.6 Å². The lowest BCUT2D eigenvalue weighted by Crippen LogP contribution is -2.58. The van der Waals surface area contributed by atoms with Crippen molar-refractivity contribution in [3.05, 3.63) is 54.1 Å². The first-order valence-corrected chi connectivity index (χ1v) is 22.4. The van der Waals surface area contributed by atoms with Gasteiger partial charge in [0.25, 0.3) is 0 Å². The van der Waals surface area contributed by atoms with Gasteiger partial charge in [0.05, 0.1) is 18.9 Å². The third kappa shape index (κ3) is 23.0. The van der Waals surface area contributed by atoms with E-state index in [9.17, 15) is 53.7 Å². The van der Waals surface area contributed by atoms with E-state index in [1.54, 1.807) is 30.3 Å². The number of unbranched alkanes of at least 4 members (excludes halogenated alkanes) is 11. The summed E-state index contributed by atoms with van der Waals surface area (Å²) in [5.74, 6) is -6.42. The second kappa shape index (κ2) is 30.3.